The molecule has 2 nitrogen and oxygen atoms in total. The second-order valence-corrected chi connectivity index (χ2v) is 5.50. The summed E-state index contributed by atoms with van der Waals surface area (Å²) in [7, 11) is 0. The zero-order chi connectivity index (χ0) is 11.6. The normalized spacial score (nSPS) is 27.4. The van der Waals surface area contributed by atoms with Gasteiger partial charge in [-0.15, -0.1) is 0 Å². The average molecular weight is 210 g/mol. The Morgan fingerprint density at radius 2 is 2.20 bits per heavy atom. The van der Waals surface area contributed by atoms with Crippen molar-refractivity contribution in [3.8, 4) is 0 Å². The van der Waals surface area contributed by atoms with E-state index in [1.165, 1.54) is 5.57 Å². The number of rotatable bonds is 3. The van der Waals surface area contributed by atoms with Gasteiger partial charge in [-0.2, -0.15) is 0 Å². The van der Waals surface area contributed by atoms with E-state index in [9.17, 15) is 9.90 Å². The van der Waals surface area contributed by atoms with Crippen LogP contribution in [0, 0.1) is 11.3 Å². The zero-order valence-electron chi connectivity index (χ0n) is 10.2. The van der Waals surface area contributed by atoms with E-state index in [0.717, 1.165) is 12.8 Å². The SMILES string of the molecule is CC1=CC(=O)CC(C)(C)[C@H]1CC[C@H](C)O. The Balaban J connectivity index is 2.75. The van der Waals surface area contributed by atoms with Gasteiger partial charge in [0.1, 0.15) is 0 Å². The first-order chi connectivity index (χ1) is 6.83. The predicted molar refractivity (Wildman–Crippen MR) is 61.6 cm³/mol. The summed E-state index contributed by atoms with van der Waals surface area (Å²) < 4.78 is 0. The maximum atomic E-state index is 11.4. The third kappa shape index (κ3) is 3.16. The second kappa shape index (κ2) is 4.48. The fraction of sp³-hybridized carbons (Fsp3) is 0.769. The lowest BCUT2D eigenvalue weighted by molar-refractivity contribution is -0.117. The molecule has 0 aromatic carbocycles. The number of hydrogen-bond acceptors (Lipinski definition) is 2. The summed E-state index contributed by atoms with van der Waals surface area (Å²) in [6, 6.07) is 0. The van der Waals surface area contributed by atoms with Crippen LogP contribution < -0.4 is 0 Å². The quantitative estimate of drug-likeness (QED) is 0.777. The van der Waals surface area contributed by atoms with Crippen molar-refractivity contribution in [3.63, 3.8) is 0 Å². The van der Waals surface area contributed by atoms with Gasteiger partial charge in [-0.3, -0.25) is 4.79 Å². The highest BCUT2D eigenvalue weighted by atomic mass is 16.3. The van der Waals surface area contributed by atoms with Gasteiger partial charge in [-0.25, -0.2) is 0 Å². The van der Waals surface area contributed by atoms with Gasteiger partial charge in [0, 0.05) is 6.42 Å². The minimum Gasteiger partial charge on any atom is -0.393 e. The zero-order valence-corrected chi connectivity index (χ0v) is 10.2. The molecule has 0 amide bonds. The molecule has 2 heteroatoms. The molecular formula is C13H22O2. The van der Waals surface area contributed by atoms with Crippen LogP contribution in [-0.2, 0) is 4.79 Å². The summed E-state index contributed by atoms with van der Waals surface area (Å²) in [6.45, 7) is 8.15. The van der Waals surface area contributed by atoms with Crippen LogP contribution >= 0.6 is 0 Å². The molecule has 2 atom stereocenters. The van der Waals surface area contributed by atoms with Gasteiger partial charge in [0.05, 0.1) is 6.10 Å². The maximum Gasteiger partial charge on any atom is 0.156 e. The van der Waals surface area contributed by atoms with Gasteiger partial charge in [0.25, 0.3) is 0 Å². The number of aliphatic hydroxyl groups excluding tert-OH is 1. The molecule has 0 spiro atoms. The highest BCUT2D eigenvalue weighted by Gasteiger charge is 2.35. The monoisotopic (exact) mass is 210 g/mol. The van der Waals surface area contributed by atoms with E-state index < -0.39 is 0 Å². The average Bonchev–Trinajstić information content (AvgIpc) is 1.98. The van der Waals surface area contributed by atoms with Crippen molar-refractivity contribution in [1.82, 2.24) is 0 Å². The van der Waals surface area contributed by atoms with E-state index in [1.807, 2.05) is 13.8 Å². The third-order valence-electron chi connectivity index (χ3n) is 3.38. The lowest BCUT2D eigenvalue weighted by Gasteiger charge is -2.38. The number of aliphatic hydroxyl groups is 1. The molecule has 0 saturated carbocycles. The van der Waals surface area contributed by atoms with E-state index >= 15 is 0 Å². The molecule has 0 fully saturated rings. The molecule has 1 aliphatic rings. The van der Waals surface area contributed by atoms with Gasteiger partial charge in [-0.1, -0.05) is 19.4 Å². The maximum absolute atomic E-state index is 11.4. The molecule has 0 saturated heterocycles. The fourth-order valence-corrected chi connectivity index (χ4v) is 2.62. The van der Waals surface area contributed by atoms with E-state index in [1.54, 1.807) is 6.08 Å². The van der Waals surface area contributed by atoms with Crippen molar-refractivity contribution >= 4 is 5.78 Å². The van der Waals surface area contributed by atoms with Crippen LogP contribution in [0.2, 0.25) is 0 Å². The highest BCUT2D eigenvalue weighted by Crippen LogP contribution is 2.42. The van der Waals surface area contributed by atoms with E-state index in [0.29, 0.717) is 12.3 Å². The van der Waals surface area contributed by atoms with Crippen LogP contribution in [0.5, 0.6) is 0 Å². The van der Waals surface area contributed by atoms with Crippen molar-refractivity contribution in [1.29, 1.82) is 0 Å². The molecule has 0 heterocycles. The molecular weight excluding hydrogens is 188 g/mol. The summed E-state index contributed by atoms with van der Waals surface area (Å²) >= 11 is 0. The molecule has 0 aromatic heterocycles. The summed E-state index contributed by atoms with van der Waals surface area (Å²) in [5.74, 6) is 0.676. The van der Waals surface area contributed by atoms with Crippen LogP contribution in [0.25, 0.3) is 0 Å². The first-order valence-electron chi connectivity index (χ1n) is 5.72. The van der Waals surface area contributed by atoms with E-state index in [-0.39, 0.29) is 17.3 Å². The standard InChI is InChI=1S/C13H22O2/c1-9-7-11(15)8-13(3,4)12(9)6-5-10(2)14/h7,10,12,14H,5-6,8H2,1-4H3/t10-,12-/m0/s1. The molecule has 1 rings (SSSR count). The van der Waals surface area contributed by atoms with Crippen molar-refractivity contribution in [2.45, 2.75) is 53.1 Å². The van der Waals surface area contributed by atoms with E-state index in [2.05, 4.69) is 13.8 Å². The molecule has 0 aliphatic heterocycles. The van der Waals surface area contributed by atoms with Crippen LogP contribution in [0.1, 0.15) is 47.0 Å². The first kappa shape index (κ1) is 12.4. The van der Waals surface area contributed by atoms with Gasteiger partial charge in [-0.05, 0) is 44.1 Å². The van der Waals surface area contributed by atoms with Gasteiger partial charge in [0.15, 0.2) is 5.78 Å². The van der Waals surface area contributed by atoms with Crippen molar-refractivity contribution in [3.05, 3.63) is 11.6 Å². The van der Waals surface area contributed by atoms with Crippen LogP contribution in [0.3, 0.4) is 0 Å². The Kier molecular flexibility index (Phi) is 3.72. The summed E-state index contributed by atoms with van der Waals surface area (Å²) in [6.07, 6.45) is 3.95. The van der Waals surface area contributed by atoms with Gasteiger partial charge >= 0.3 is 0 Å². The Morgan fingerprint density at radius 1 is 1.60 bits per heavy atom. The number of carbonyl (C=O) groups is 1. The molecule has 1 aliphatic carbocycles. The number of allylic oxidation sites excluding steroid dienone is 2. The Bertz CT molecular complexity index is 274. The first-order valence-corrected chi connectivity index (χ1v) is 5.72. The highest BCUT2D eigenvalue weighted by molar-refractivity contribution is 5.91. The topological polar surface area (TPSA) is 37.3 Å². The minimum atomic E-state index is -0.244. The molecule has 0 aromatic rings. The lowest BCUT2D eigenvalue weighted by atomic mass is 9.66. The molecule has 0 bridgehead atoms. The lowest BCUT2D eigenvalue weighted by Crippen LogP contribution is -2.32. The smallest absolute Gasteiger partial charge is 0.156 e. The van der Waals surface area contributed by atoms with Crippen molar-refractivity contribution in [2.24, 2.45) is 11.3 Å². The minimum absolute atomic E-state index is 0.0464. The Hall–Kier alpha value is -0.630. The number of carbonyl (C=O) groups excluding carboxylic acids is 1. The molecule has 15 heavy (non-hydrogen) atoms. The fourth-order valence-electron chi connectivity index (χ4n) is 2.62. The van der Waals surface area contributed by atoms with E-state index in [4.69, 9.17) is 0 Å². The van der Waals surface area contributed by atoms with Crippen LogP contribution in [-0.4, -0.2) is 17.0 Å². The van der Waals surface area contributed by atoms with Crippen molar-refractivity contribution in [2.75, 3.05) is 0 Å². The molecule has 0 unspecified atom stereocenters. The summed E-state index contributed by atoms with van der Waals surface area (Å²) in [4.78, 5) is 11.4. The molecule has 0 radical (unpaired) electrons. The Labute approximate surface area is 92.4 Å². The summed E-state index contributed by atoms with van der Waals surface area (Å²) in [5, 5.41) is 9.31. The second-order valence-electron chi connectivity index (χ2n) is 5.50. The molecule has 1 N–H and O–H groups in total. The van der Waals surface area contributed by atoms with Crippen LogP contribution in [0.4, 0.5) is 0 Å². The number of ketones is 1. The van der Waals surface area contributed by atoms with Crippen molar-refractivity contribution < 1.29 is 9.90 Å². The third-order valence-corrected chi connectivity index (χ3v) is 3.38. The largest absolute Gasteiger partial charge is 0.393 e. The predicted octanol–water partition coefficient (Wildman–Crippen LogP) is 2.71. The van der Waals surface area contributed by atoms with Gasteiger partial charge in [0.2, 0.25) is 0 Å². The Morgan fingerprint density at radius 3 is 2.67 bits per heavy atom. The van der Waals surface area contributed by atoms with Crippen LogP contribution in [0.15, 0.2) is 11.6 Å². The molecule has 86 valence electrons. The van der Waals surface area contributed by atoms with Gasteiger partial charge < -0.3 is 5.11 Å². The summed E-state index contributed by atoms with van der Waals surface area (Å²) in [5.41, 5.74) is 1.22. The number of hydrogen-bond donors (Lipinski definition) is 1.